The molecule has 1 aliphatic heterocycles. The van der Waals surface area contributed by atoms with E-state index in [9.17, 15) is 14.7 Å². The first-order valence-corrected chi connectivity index (χ1v) is 10.3. The van der Waals surface area contributed by atoms with Crippen LogP contribution >= 0.6 is 0 Å². The van der Waals surface area contributed by atoms with Crippen molar-refractivity contribution in [3.05, 3.63) is 69.6 Å². The number of benzene rings is 2. The van der Waals surface area contributed by atoms with Crippen LogP contribution in [-0.4, -0.2) is 39.8 Å². The first-order chi connectivity index (χ1) is 14.5. The molecule has 0 saturated heterocycles. The molecule has 0 radical (unpaired) electrons. The van der Waals surface area contributed by atoms with Crippen molar-refractivity contribution in [2.24, 2.45) is 0 Å². The van der Waals surface area contributed by atoms with Gasteiger partial charge in [-0.1, -0.05) is 24.3 Å². The van der Waals surface area contributed by atoms with Crippen molar-refractivity contribution in [3.8, 4) is 0 Å². The first kappa shape index (κ1) is 20.4. The summed E-state index contributed by atoms with van der Waals surface area (Å²) >= 11 is 0. The Bertz CT molecular complexity index is 1100. The summed E-state index contributed by atoms with van der Waals surface area (Å²) in [6, 6.07) is 13.1. The number of hydrogen-bond acceptors (Lipinski definition) is 5. The number of nitrogens with zero attached hydrogens (tertiary/aromatic N) is 1. The SMILES string of the molecule is COC(=O)c1ccc(CCC(C)NC2CCn3c(=O)[nH]c4cccc(c43)C2O)cc1. The minimum atomic E-state index is -0.681. The van der Waals surface area contributed by atoms with E-state index in [1.54, 1.807) is 16.7 Å². The topological polar surface area (TPSA) is 96.4 Å². The Balaban J connectivity index is 1.40. The fourth-order valence-corrected chi connectivity index (χ4v) is 4.27. The summed E-state index contributed by atoms with van der Waals surface area (Å²) in [7, 11) is 1.37. The summed E-state index contributed by atoms with van der Waals surface area (Å²) in [4.78, 5) is 26.7. The number of aromatic amines is 1. The molecule has 0 amide bonds. The van der Waals surface area contributed by atoms with E-state index in [0.29, 0.717) is 18.5 Å². The van der Waals surface area contributed by atoms with Crippen LogP contribution < -0.4 is 11.0 Å². The van der Waals surface area contributed by atoms with Crippen molar-refractivity contribution in [2.75, 3.05) is 7.11 Å². The zero-order valence-corrected chi connectivity index (χ0v) is 17.2. The number of nitrogens with one attached hydrogen (secondary N) is 2. The third-order valence-electron chi connectivity index (χ3n) is 5.93. The third kappa shape index (κ3) is 3.91. The number of para-hydroxylation sites is 1. The van der Waals surface area contributed by atoms with Crippen molar-refractivity contribution < 1.29 is 14.6 Å². The summed E-state index contributed by atoms with van der Waals surface area (Å²) in [5.74, 6) is -0.335. The quantitative estimate of drug-likeness (QED) is 0.544. The van der Waals surface area contributed by atoms with Crippen molar-refractivity contribution in [2.45, 2.75) is 50.9 Å². The number of ether oxygens (including phenoxy) is 1. The van der Waals surface area contributed by atoms with Crippen molar-refractivity contribution in [1.82, 2.24) is 14.9 Å². The van der Waals surface area contributed by atoms with Crippen molar-refractivity contribution >= 4 is 17.0 Å². The summed E-state index contributed by atoms with van der Waals surface area (Å²) < 4.78 is 6.45. The van der Waals surface area contributed by atoms with E-state index in [-0.39, 0.29) is 23.7 Å². The van der Waals surface area contributed by atoms with Crippen molar-refractivity contribution in [3.63, 3.8) is 0 Å². The number of aryl methyl sites for hydroxylation is 2. The van der Waals surface area contributed by atoms with Crippen LogP contribution in [0.4, 0.5) is 0 Å². The van der Waals surface area contributed by atoms with Gasteiger partial charge in [-0.15, -0.1) is 0 Å². The molecule has 2 aromatic carbocycles. The van der Waals surface area contributed by atoms with Crippen molar-refractivity contribution in [1.29, 1.82) is 0 Å². The molecule has 0 fully saturated rings. The first-order valence-electron chi connectivity index (χ1n) is 10.3. The lowest BCUT2D eigenvalue weighted by atomic mass is 9.98. The van der Waals surface area contributed by atoms with Gasteiger partial charge in [0.1, 0.15) is 0 Å². The number of esters is 1. The van der Waals surface area contributed by atoms with Crippen LogP contribution in [0.5, 0.6) is 0 Å². The maximum atomic E-state index is 12.3. The number of H-pyrrole nitrogens is 1. The van der Waals surface area contributed by atoms with Gasteiger partial charge >= 0.3 is 11.7 Å². The Labute approximate surface area is 174 Å². The Morgan fingerprint density at radius 2 is 2.07 bits per heavy atom. The van der Waals surface area contributed by atoms with Crippen LogP contribution in [0.15, 0.2) is 47.3 Å². The van der Waals surface area contributed by atoms with Gasteiger partial charge in [0.25, 0.3) is 0 Å². The Morgan fingerprint density at radius 1 is 1.30 bits per heavy atom. The fourth-order valence-electron chi connectivity index (χ4n) is 4.27. The molecule has 3 aromatic rings. The molecule has 0 bridgehead atoms. The van der Waals surface area contributed by atoms with Gasteiger partial charge in [-0.2, -0.15) is 0 Å². The molecule has 3 atom stereocenters. The van der Waals surface area contributed by atoms with Gasteiger partial charge in [0.05, 0.1) is 29.8 Å². The number of aliphatic hydroxyl groups excluding tert-OH is 1. The molecule has 30 heavy (non-hydrogen) atoms. The largest absolute Gasteiger partial charge is 0.465 e. The molecule has 2 heterocycles. The smallest absolute Gasteiger partial charge is 0.337 e. The standard InChI is InChI=1S/C23H27N3O4/c1-14(6-7-15-8-10-16(11-9-15)22(28)30-2)24-19-12-13-26-20-17(21(19)27)4-3-5-18(20)25-23(26)29/h3-5,8-11,14,19,21,24,27H,6-7,12-13H2,1-2H3,(H,25,29). The average molecular weight is 409 g/mol. The van der Waals surface area contributed by atoms with E-state index in [4.69, 9.17) is 4.74 Å². The number of methoxy groups -OCH3 is 1. The molecule has 4 rings (SSSR count). The zero-order valence-electron chi connectivity index (χ0n) is 17.2. The molecular formula is C23H27N3O4. The van der Waals surface area contributed by atoms with Crippen LogP contribution in [-0.2, 0) is 17.7 Å². The second-order valence-corrected chi connectivity index (χ2v) is 7.96. The summed E-state index contributed by atoms with van der Waals surface area (Å²) in [5, 5.41) is 14.6. The van der Waals surface area contributed by atoms with E-state index in [1.807, 2.05) is 30.3 Å². The van der Waals surface area contributed by atoms with E-state index in [0.717, 1.165) is 35.0 Å². The number of carbonyl (C=O) groups excluding carboxylic acids is 1. The lowest BCUT2D eigenvalue weighted by Crippen LogP contribution is -2.41. The van der Waals surface area contributed by atoms with Gasteiger partial charge in [0.15, 0.2) is 0 Å². The Hall–Kier alpha value is -2.90. The predicted molar refractivity (Wildman–Crippen MR) is 115 cm³/mol. The molecule has 1 aromatic heterocycles. The monoisotopic (exact) mass is 409 g/mol. The number of rotatable bonds is 6. The predicted octanol–water partition coefficient (Wildman–Crippen LogP) is 2.53. The number of aliphatic hydroxyl groups is 1. The minimum absolute atomic E-state index is 0.131. The third-order valence-corrected chi connectivity index (χ3v) is 5.93. The highest BCUT2D eigenvalue weighted by Gasteiger charge is 2.29. The minimum Gasteiger partial charge on any atom is -0.465 e. The van der Waals surface area contributed by atoms with Gasteiger partial charge in [-0.3, -0.25) is 4.57 Å². The molecule has 7 nitrogen and oxygen atoms in total. The fraction of sp³-hybridized carbons (Fsp3) is 0.391. The van der Waals surface area contributed by atoms with Gasteiger partial charge in [-0.05, 0) is 49.9 Å². The molecule has 0 spiro atoms. The number of hydrogen-bond donors (Lipinski definition) is 3. The molecule has 7 heteroatoms. The molecule has 3 unspecified atom stereocenters. The number of carbonyl (C=O) groups is 1. The maximum Gasteiger partial charge on any atom is 0.337 e. The van der Waals surface area contributed by atoms with Gasteiger partial charge in [0.2, 0.25) is 0 Å². The summed E-state index contributed by atoms with van der Waals surface area (Å²) in [6.45, 7) is 2.67. The molecule has 158 valence electrons. The Kier molecular flexibility index (Phi) is 5.74. The molecular weight excluding hydrogens is 382 g/mol. The lowest BCUT2D eigenvalue weighted by molar-refractivity contribution is 0.0600. The summed E-state index contributed by atoms with van der Waals surface area (Å²) in [6.07, 6.45) is 1.73. The second-order valence-electron chi connectivity index (χ2n) is 7.96. The van der Waals surface area contributed by atoms with Crippen LogP contribution in [0, 0.1) is 0 Å². The normalized spacial score (nSPS) is 19.4. The second kappa shape index (κ2) is 8.45. The highest BCUT2D eigenvalue weighted by molar-refractivity contribution is 5.89. The highest BCUT2D eigenvalue weighted by atomic mass is 16.5. The lowest BCUT2D eigenvalue weighted by Gasteiger charge is -2.26. The van der Waals surface area contributed by atoms with Gasteiger partial charge in [0, 0.05) is 24.2 Å². The number of aromatic nitrogens is 2. The molecule has 3 N–H and O–H groups in total. The van der Waals surface area contributed by atoms with Crippen LogP contribution in [0.1, 0.15) is 47.4 Å². The van der Waals surface area contributed by atoms with E-state index in [1.165, 1.54) is 7.11 Å². The average Bonchev–Trinajstić information content (AvgIpc) is 3.01. The zero-order chi connectivity index (χ0) is 21.3. The van der Waals surface area contributed by atoms with Gasteiger partial charge in [-0.25, -0.2) is 9.59 Å². The van der Waals surface area contributed by atoms with Gasteiger partial charge < -0.3 is 20.1 Å². The Morgan fingerprint density at radius 3 is 2.80 bits per heavy atom. The molecule has 1 aliphatic rings. The van der Waals surface area contributed by atoms with E-state index >= 15 is 0 Å². The molecule has 0 saturated carbocycles. The van der Waals surface area contributed by atoms with E-state index < -0.39 is 6.10 Å². The maximum absolute atomic E-state index is 12.3. The highest BCUT2D eigenvalue weighted by Crippen LogP contribution is 2.30. The van der Waals surface area contributed by atoms with E-state index in [2.05, 4.69) is 17.2 Å². The van der Waals surface area contributed by atoms with Crippen LogP contribution in [0.2, 0.25) is 0 Å². The molecule has 0 aliphatic carbocycles. The summed E-state index contributed by atoms with van der Waals surface area (Å²) in [5.41, 5.74) is 3.91. The number of imidazole rings is 1. The van der Waals surface area contributed by atoms with Crippen LogP contribution in [0.3, 0.4) is 0 Å². The van der Waals surface area contributed by atoms with Crippen LogP contribution in [0.25, 0.3) is 11.0 Å².